The van der Waals surface area contributed by atoms with Crippen LogP contribution in [-0.2, 0) is 0 Å². The summed E-state index contributed by atoms with van der Waals surface area (Å²) in [5, 5.41) is 9.21. The lowest BCUT2D eigenvalue weighted by Crippen LogP contribution is -2.18. The highest BCUT2D eigenvalue weighted by atomic mass is 35.5. The maximum Gasteiger partial charge on any atom is 0.0991 e. The van der Waals surface area contributed by atoms with Crippen molar-refractivity contribution in [1.29, 1.82) is 5.26 Å². The first-order valence-electron chi connectivity index (χ1n) is 4.18. The van der Waals surface area contributed by atoms with Gasteiger partial charge in [-0.3, -0.25) is 0 Å². The molecule has 0 aliphatic rings. The molecule has 2 nitrogen and oxygen atoms in total. The number of hydrogen-bond acceptors (Lipinski definition) is 2. The van der Waals surface area contributed by atoms with Gasteiger partial charge in [0, 0.05) is 17.8 Å². The summed E-state index contributed by atoms with van der Waals surface area (Å²) in [4.78, 5) is 1.97. The Kier molecular flexibility index (Phi) is 3.55. The van der Waals surface area contributed by atoms with Crippen molar-refractivity contribution in [2.24, 2.45) is 0 Å². The third-order valence-corrected chi connectivity index (χ3v) is 1.97. The monoisotopic (exact) mass is 206 g/mol. The summed E-state index contributed by atoms with van der Waals surface area (Å²) in [7, 11) is 1.93. The van der Waals surface area contributed by atoms with Gasteiger partial charge in [-0.25, -0.2) is 0 Å². The minimum atomic E-state index is 0.594. The van der Waals surface area contributed by atoms with Gasteiger partial charge in [0.15, 0.2) is 0 Å². The zero-order chi connectivity index (χ0) is 10.6. The summed E-state index contributed by atoms with van der Waals surface area (Å²) >= 11 is 5.69. The van der Waals surface area contributed by atoms with E-state index < -0.39 is 0 Å². The highest BCUT2D eigenvalue weighted by molar-refractivity contribution is 6.29. The molecular weight excluding hydrogens is 196 g/mol. The van der Waals surface area contributed by atoms with E-state index in [1.165, 1.54) is 0 Å². The second-order valence-electron chi connectivity index (χ2n) is 3.03. The molecule has 1 aromatic rings. The topological polar surface area (TPSA) is 27.0 Å². The normalized spacial score (nSPS) is 9.21. The fourth-order valence-corrected chi connectivity index (χ4v) is 1.32. The van der Waals surface area contributed by atoms with E-state index in [0.29, 0.717) is 17.1 Å². The van der Waals surface area contributed by atoms with Crippen LogP contribution in [0.1, 0.15) is 5.56 Å². The van der Waals surface area contributed by atoms with Crippen molar-refractivity contribution in [3.8, 4) is 6.07 Å². The standard InChI is InChI=1S/C11H11ClN2/c1-9(12)8-14(2)11-5-3-10(7-13)4-6-11/h3-6H,1,8H2,2H3. The number of hydrogen-bond donors (Lipinski definition) is 0. The van der Waals surface area contributed by atoms with Crippen LogP contribution in [0, 0.1) is 11.3 Å². The van der Waals surface area contributed by atoms with Crippen molar-refractivity contribution in [3.63, 3.8) is 0 Å². The molecular formula is C11H11ClN2. The molecule has 0 spiro atoms. The third-order valence-electron chi connectivity index (χ3n) is 1.85. The molecule has 0 unspecified atom stereocenters. The molecule has 0 aromatic heterocycles. The van der Waals surface area contributed by atoms with E-state index in [4.69, 9.17) is 16.9 Å². The first-order chi connectivity index (χ1) is 6.63. The zero-order valence-electron chi connectivity index (χ0n) is 8.00. The lowest BCUT2D eigenvalue weighted by Gasteiger charge is -2.18. The Bertz CT molecular complexity index is 362. The summed E-state index contributed by atoms with van der Waals surface area (Å²) in [6.07, 6.45) is 0. The van der Waals surface area contributed by atoms with Crippen LogP contribution in [0.5, 0.6) is 0 Å². The summed E-state index contributed by atoms with van der Waals surface area (Å²) in [5.74, 6) is 0. The van der Waals surface area contributed by atoms with E-state index in [1.54, 1.807) is 12.1 Å². The number of benzene rings is 1. The van der Waals surface area contributed by atoms with Crippen LogP contribution in [0.3, 0.4) is 0 Å². The molecule has 0 aliphatic heterocycles. The third kappa shape index (κ3) is 2.79. The second kappa shape index (κ2) is 4.69. The minimum Gasteiger partial charge on any atom is -0.369 e. The highest BCUT2D eigenvalue weighted by Crippen LogP contribution is 2.15. The van der Waals surface area contributed by atoms with E-state index in [1.807, 2.05) is 24.1 Å². The van der Waals surface area contributed by atoms with Crippen LogP contribution in [0.25, 0.3) is 0 Å². The highest BCUT2D eigenvalue weighted by Gasteiger charge is 2.00. The SMILES string of the molecule is C=C(Cl)CN(C)c1ccc(C#N)cc1. The number of nitriles is 1. The average Bonchev–Trinajstić information content (AvgIpc) is 2.17. The van der Waals surface area contributed by atoms with Gasteiger partial charge in [-0.05, 0) is 24.3 Å². The second-order valence-corrected chi connectivity index (χ2v) is 3.57. The van der Waals surface area contributed by atoms with Crippen molar-refractivity contribution in [3.05, 3.63) is 41.4 Å². The van der Waals surface area contributed by atoms with Crippen LogP contribution in [-0.4, -0.2) is 13.6 Å². The molecule has 0 bridgehead atoms. The maximum absolute atomic E-state index is 8.61. The number of rotatable bonds is 3. The Labute approximate surface area is 89.0 Å². The van der Waals surface area contributed by atoms with Gasteiger partial charge < -0.3 is 4.90 Å². The van der Waals surface area contributed by atoms with Crippen molar-refractivity contribution < 1.29 is 0 Å². The molecule has 0 fully saturated rings. The molecule has 0 saturated carbocycles. The predicted octanol–water partition coefficient (Wildman–Crippen LogP) is 2.75. The van der Waals surface area contributed by atoms with Gasteiger partial charge in [-0.1, -0.05) is 18.2 Å². The van der Waals surface area contributed by atoms with Crippen molar-refractivity contribution >= 4 is 17.3 Å². The van der Waals surface area contributed by atoms with E-state index >= 15 is 0 Å². The Balaban J connectivity index is 2.77. The molecule has 0 radical (unpaired) electrons. The smallest absolute Gasteiger partial charge is 0.0991 e. The van der Waals surface area contributed by atoms with Gasteiger partial charge in [0.1, 0.15) is 0 Å². The molecule has 0 N–H and O–H groups in total. The van der Waals surface area contributed by atoms with Gasteiger partial charge in [-0.15, -0.1) is 0 Å². The average molecular weight is 207 g/mol. The first-order valence-corrected chi connectivity index (χ1v) is 4.56. The summed E-state index contributed by atoms with van der Waals surface area (Å²) in [5.41, 5.74) is 1.68. The molecule has 3 heteroatoms. The zero-order valence-corrected chi connectivity index (χ0v) is 8.75. The lowest BCUT2D eigenvalue weighted by molar-refractivity contribution is 1.02. The van der Waals surface area contributed by atoms with Gasteiger partial charge >= 0.3 is 0 Å². The van der Waals surface area contributed by atoms with Crippen molar-refractivity contribution in [2.75, 3.05) is 18.5 Å². The largest absolute Gasteiger partial charge is 0.369 e. The van der Waals surface area contributed by atoms with Gasteiger partial charge in [0.25, 0.3) is 0 Å². The fourth-order valence-electron chi connectivity index (χ4n) is 1.14. The molecule has 0 heterocycles. The summed E-state index contributed by atoms with van der Waals surface area (Å²) in [6, 6.07) is 9.41. The molecule has 0 amide bonds. The molecule has 1 aromatic carbocycles. The minimum absolute atomic E-state index is 0.594. The van der Waals surface area contributed by atoms with E-state index in [2.05, 4.69) is 12.6 Å². The van der Waals surface area contributed by atoms with Gasteiger partial charge in [0.05, 0.1) is 18.2 Å². The predicted molar refractivity (Wildman–Crippen MR) is 59.4 cm³/mol. The van der Waals surface area contributed by atoms with Crippen LogP contribution in [0.2, 0.25) is 0 Å². The quantitative estimate of drug-likeness (QED) is 0.761. The van der Waals surface area contributed by atoms with E-state index in [0.717, 1.165) is 5.69 Å². The molecule has 0 aliphatic carbocycles. The van der Waals surface area contributed by atoms with Gasteiger partial charge in [-0.2, -0.15) is 5.26 Å². The number of nitrogens with zero attached hydrogens (tertiary/aromatic N) is 2. The van der Waals surface area contributed by atoms with Crippen molar-refractivity contribution in [2.45, 2.75) is 0 Å². The van der Waals surface area contributed by atoms with Crippen LogP contribution >= 0.6 is 11.6 Å². The Morgan fingerprint density at radius 1 is 1.50 bits per heavy atom. The molecule has 0 saturated heterocycles. The molecule has 0 atom stereocenters. The van der Waals surface area contributed by atoms with E-state index in [-0.39, 0.29) is 0 Å². The number of likely N-dealkylation sites (N-methyl/N-ethyl adjacent to an activating group) is 1. The lowest BCUT2D eigenvalue weighted by atomic mass is 10.2. The summed E-state index contributed by atoms with van der Waals surface area (Å²) in [6.45, 7) is 4.23. The van der Waals surface area contributed by atoms with E-state index in [9.17, 15) is 0 Å². The Hall–Kier alpha value is -1.46. The molecule has 1 rings (SSSR count). The Morgan fingerprint density at radius 3 is 2.50 bits per heavy atom. The van der Waals surface area contributed by atoms with Crippen LogP contribution in [0.4, 0.5) is 5.69 Å². The first kappa shape index (κ1) is 10.6. The van der Waals surface area contributed by atoms with Crippen molar-refractivity contribution in [1.82, 2.24) is 0 Å². The van der Waals surface area contributed by atoms with Gasteiger partial charge in [0.2, 0.25) is 0 Å². The molecule has 14 heavy (non-hydrogen) atoms. The van der Waals surface area contributed by atoms with Crippen LogP contribution < -0.4 is 4.90 Å². The number of anilines is 1. The maximum atomic E-state index is 8.61. The fraction of sp³-hybridized carbons (Fsp3) is 0.182. The molecule has 72 valence electrons. The Morgan fingerprint density at radius 2 is 2.07 bits per heavy atom. The van der Waals surface area contributed by atoms with Crippen LogP contribution in [0.15, 0.2) is 35.9 Å². The number of halogens is 1. The summed E-state index contributed by atoms with van der Waals surface area (Å²) < 4.78 is 0.